The third kappa shape index (κ3) is 4.08. The second-order valence-corrected chi connectivity index (χ2v) is 9.55. The van der Waals surface area contributed by atoms with Gasteiger partial charge in [-0.25, -0.2) is 9.59 Å². The summed E-state index contributed by atoms with van der Waals surface area (Å²) in [6.45, 7) is 1.56. The van der Waals surface area contributed by atoms with E-state index >= 15 is 0 Å². The highest BCUT2D eigenvalue weighted by atomic mass is 79.9. The van der Waals surface area contributed by atoms with Crippen molar-refractivity contribution in [2.24, 2.45) is 0 Å². The van der Waals surface area contributed by atoms with Crippen molar-refractivity contribution in [1.29, 1.82) is 0 Å². The number of ether oxygens (including phenoxy) is 2. The molecule has 3 aromatic carbocycles. The molecule has 6 rings (SSSR count). The minimum atomic E-state index is -0.549. The molecule has 0 atom stereocenters. The van der Waals surface area contributed by atoms with E-state index in [1.807, 2.05) is 48.5 Å². The van der Waals surface area contributed by atoms with Crippen LogP contribution in [0.2, 0.25) is 0 Å². The predicted molar refractivity (Wildman–Crippen MR) is 139 cm³/mol. The molecule has 1 aliphatic heterocycles. The summed E-state index contributed by atoms with van der Waals surface area (Å²) in [5.74, 6) is 1.45. The maximum atomic E-state index is 12.9. The van der Waals surface area contributed by atoms with Crippen molar-refractivity contribution in [2.45, 2.75) is 13.1 Å². The molecule has 0 unspecified atom stereocenters. The minimum Gasteiger partial charge on any atom is -0.497 e. The van der Waals surface area contributed by atoms with Gasteiger partial charge >= 0.3 is 11.3 Å². The van der Waals surface area contributed by atoms with E-state index in [9.17, 15) is 9.59 Å². The van der Waals surface area contributed by atoms with Crippen LogP contribution in [0, 0.1) is 0 Å². The summed E-state index contributed by atoms with van der Waals surface area (Å²) in [5, 5.41) is 1.39. The first-order chi connectivity index (χ1) is 17.5. The van der Waals surface area contributed by atoms with Gasteiger partial charge < -0.3 is 18.3 Å². The molecular formula is C28H20BrNO6. The monoisotopic (exact) mass is 545 g/mol. The molecule has 180 valence electrons. The molecule has 8 heteroatoms. The van der Waals surface area contributed by atoms with E-state index in [4.69, 9.17) is 18.3 Å². The third-order valence-electron chi connectivity index (χ3n) is 6.31. The van der Waals surface area contributed by atoms with Crippen LogP contribution >= 0.6 is 15.9 Å². The molecule has 0 saturated carbocycles. The van der Waals surface area contributed by atoms with Gasteiger partial charge in [-0.05, 0) is 54.1 Å². The zero-order chi connectivity index (χ0) is 24.8. The van der Waals surface area contributed by atoms with Crippen LogP contribution in [-0.2, 0) is 13.1 Å². The number of hydrogen-bond acceptors (Lipinski definition) is 7. The smallest absolute Gasteiger partial charge is 0.344 e. The van der Waals surface area contributed by atoms with Gasteiger partial charge in [0.2, 0.25) is 0 Å². The zero-order valence-corrected chi connectivity index (χ0v) is 20.8. The fourth-order valence-corrected chi connectivity index (χ4v) is 4.95. The van der Waals surface area contributed by atoms with Crippen molar-refractivity contribution in [3.8, 4) is 22.6 Å². The molecule has 2 aromatic heterocycles. The Morgan fingerprint density at radius 2 is 1.78 bits per heavy atom. The summed E-state index contributed by atoms with van der Waals surface area (Å²) in [6, 6.07) is 20.0. The lowest BCUT2D eigenvalue weighted by molar-refractivity contribution is 0.0889. The van der Waals surface area contributed by atoms with Crippen molar-refractivity contribution in [3.63, 3.8) is 0 Å². The maximum Gasteiger partial charge on any atom is 0.344 e. The summed E-state index contributed by atoms with van der Waals surface area (Å²) in [5.41, 5.74) is 2.43. The Morgan fingerprint density at radius 3 is 2.58 bits per heavy atom. The van der Waals surface area contributed by atoms with Crippen LogP contribution in [0.3, 0.4) is 0 Å². The molecule has 1 aliphatic rings. The molecule has 3 heterocycles. The van der Waals surface area contributed by atoms with E-state index in [0.29, 0.717) is 53.2 Å². The van der Waals surface area contributed by atoms with Crippen molar-refractivity contribution >= 4 is 37.9 Å². The molecule has 0 aliphatic carbocycles. The molecule has 36 heavy (non-hydrogen) atoms. The van der Waals surface area contributed by atoms with Gasteiger partial charge in [0.25, 0.3) is 0 Å². The molecule has 0 fully saturated rings. The lowest BCUT2D eigenvalue weighted by atomic mass is 9.99. The van der Waals surface area contributed by atoms with Crippen LogP contribution in [0.15, 0.2) is 89.6 Å². The minimum absolute atomic E-state index is 0.297. The predicted octanol–water partition coefficient (Wildman–Crippen LogP) is 5.69. The van der Waals surface area contributed by atoms with Crippen LogP contribution in [0.1, 0.15) is 11.1 Å². The van der Waals surface area contributed by atoms with Gasteiger partial charge in [0.05, 0.1) is 18.2 Å². The standard InChI is InChI=1S/C28H20BrNO6/c1-33-19-5-2-16(3-6-19)13-30-14-23-25(34-15-30)9-7-20-21(12-26(31)36-27(20)23)22-11-17-10-18(29)4-8-24(17)35-28(22)32/h2-12H,13-15H2,1H3. The van der Waals surface area contributed by atoms with Gasteiger partial charge in [0, 0.05) is 40.0 Å². The van der Waals surface area contributed by atoms with Crippen molar-refractivity contribution in [3.05, 3.63) is 103 Å². The molecular weight excluding hydrogens is 526 g/mol. The number of hydrogen-bond donors (Lipinski definition) is 0. The van der Waals surface area contributed by atoms with Gasteiger partial charge in [0.1, 0.15) is 29.4 Å². The fourth-order valence-electron chi connectivity index (χ4n) is 4.57. The summed E-state index contributed by atoms with van der Waals surface area (Å²) >= 11 is 3.45. The normalized spacial score (nSPS) is 13.5. The molecule has 0 radical (unpaired) electrons. The average molecular weight is 546 g/mol. The van der Waals surface area contributed by atoms with Crippen molar-refractivity contribution in [1.82, 2.24) is 4.90 Å². The highest BCUT2D eigenvalue weighted by molar-refractivity contribution is 9.10. The van der Waals surface area contributed by atoms with E-state index in [1.165, 1.54) is 6.07 Å². The molecule has 7 nitrogen and oxygen atoms in total. The quantitative estimate of drug-likeness (QED) is 0.268. The van der Waals surface area contributed by atoms with E-state index in [0.717, 1.165) is 26.7 Å². The summed E-state index contributed by atoms with van der Waals surface area (Å²) in [6.07, 6.45) is 0. The molecule has 0 spiro atoms. The number of rotatable bonds is 4. The van der Waals surface area contributed by atoms with Crippen molar-refractivity contribution < 1.29 is 18.3 Å². The SMILES string of the molecule is COc1ccc(CN2COc3ccc4c(-c5cc6cc(Br)ccc6oc5=O)cc(=O)oc4c3C2)cc1. The highest BCUT2D eigenvalue weighted by Crippen LogP contribution is 2.36. The number of nitrogens with zero attached hydrogens (tertiary/aromatic N) is 1. The van der Waals surface area contributed by atoms with Crippen LogP contribution in [0.4, 0.5) is 0 Å². The molecule has 5 aromatic rings. The number of benzene rings is 3. The number of methoxy groups -OCH3 is 1. The van der Waals surface area contributed by atoms with Gasteiger partial charge in [-0.2, -0.15) is 0 Å². The average Bonchev–Trinajstić information content (AvgIpc) is 2.88. The van der Waals surface area contributed by atoms with Crippen molar-refractivity contribution in [2.75, 3.05) is 13.8 Å². The lowest BCUT2D eigenvalue weighted by Gasteiger charge is -2.29. The van der Waals surface area contributed by atoms with Crippen LogP contribution in [0.5, 0.6) is 11.5 Å². The summed E-state index contributed by atoms with van der Waals surface area (Å²) in [4.78, 5) is 27.7. The number of fused-ring (bicyclic) bond motifs is 4. The van der Waals surface area contributed by atoms with E-state index in [2.05, 4.69) is 20.8 Å². The Kier molecular flexibility index (Phi) is 5.62. The Bertz CT molecular complexity index is 1740. The summed E-state index contributed by atoms with van der Waals surface area (Å²) < 4.78 is 23.3. The second kappa shape index (κ2) is 8.96. The molecule has 0 saturated heterocycles. The van der Waals surface area contributed by atoms with Gasteiger partial charge in [-0.3, -0.25) is 4.90 Å². The summed E-state index contributed by atoms with van der Waals surface area (Å²) in [7, 11) is 1.64. The van der Waals surface area contributed by atoms with E-state index in [1.54, 1.807) is 19.2 Å². The zero-order valence-electron chi connectivity index (χ0n) is 19.2. The van der Waals surface area contributed by atoms with Crippen LogP contribution in [0.25, 0.3) is 33.1 Å². The Hall–Kier alpha value is -3.88. The first kappa shape index (κ1) is 22.6. The molecule has 0 N–H and O–H groups in total. The lowest BCUT2D eigenvalue weighted by Crippen LogP contribution is -2.31. The Labute approximate surface area is 213 Å². The number of halogens is 1. The van der Waals surface area contributed by atoms with E-state index < -0.39 is 11.3 Å². The van der Waals surface area contributed by atoms with Gasteiger partial charge in [0.15, 0.2) is 0 Å². The maximum absolute atomic E-state index is 12.9. The molecule has 0 bridgehead atoms. The van der Waals surface area contributed by atoms with Crippen LogP contribution in [-0.4, -0.2) is 18.7 Å². The largest absolute Gasteiger partial charge is 0.497 e. The van der Waals surface area contributed by atoms with Gasteiger partial charge in [-0.1, -0.05) is 28.1 Å². The topological polar surface area (TPSA) is 82.1 Å². The van der Waals surface area contributed by atoms with E-state index in [-0.39, 0.29) is 0 Å². The molecule has 0 amide bonds. The van der Waals surface area contributed by atoms with Gasteiger partial charge in [-0.15, -0.1) is 0 Å². The van der Waals surface area contributed by atoms with Crippen LogP contribution < -0.4 is 20.7 Å². The Morgan fingerprint density at radius 1 is 0.944 bits per heavy atom. The first-order valence-corrected chi connectivity index (χ1v) is 12.1. The Balaban J connectivity index is 1.44. The second-order valence-electron chi connectivity index (χ2n) is 8.64. The first-order valence-electron chi connectivity index (χ1n) is 11.3. The highest BCUT2D eigenvalue weighted by Gasteiger charge is 2.24. The fraction of sp³-hybridized carbons (Fsp3) is 0.143. The third-order valence-corrected chi connectivity index (χ3v) is 6.80.